The lowest BCUT2D eigenvalue weighted by atomic mass is 9.87. The fraction of sp³-hybridized carbons (Fsp3) is 0.478. The number of nitrogens with one attached hydrogen (secondary N) is 1. The molecule has 2 aromatic rings. The minimum atomic E-state index is -3.52. The maximum Gasteiger partial charge on any atom is 0.240 e. The SMILES string of the molecule is CN1CCN(Cc2ccc(CNS(=O)(=O)c3ccc(C(C)(C)C)cc3)cc2)CC1. The van der Waals surface area contributed by atoms with Crippen LogP contribution < -0.4 is 4.72 Å². The monoisotopic (exact) mass is 415 g/mol. The molecule has 0 spiro atoms. The molecule has 0 radical (unpaired) electrons. The van der Waals surface area contributed by atoms with Gasteiger partial charge in [-0.15, -0.1) is 0 Å². The van der Waals surface area contributed by atoms with Crippen molar-refractivity contribution in [3.05, 3.63) is 65.2 Å². The van der Waals surface area contributed by atoms with E-state index in [-0.39, 0.29) is 12.0 Å². The predicted molar refractivity (Wildman–Crippen MR) is 118 cm³/mol. The minimum Gasteiger partial charge on any atom is -0.304 e. The fourth-order valence-corrected chi connectivity index (χ4v) is 4.44. The first kappa shape index (κ1) is 22.0. The van der Waals surface area contributed by atoms with Gasteiger partial charge in [-0.1, -0.05) is 57.2 Å². The van der Waals surface area contributed by atoms with Crippen molar-refractivity contribution in [2.75, 3.05) is 33.2 Å². The molecule has 3 rings (SSSR count). The van der Waals surface area contributed by atoms with Gasteiger partial charge in [0.1, 0.15) is 0 Å². The van der Waals surface area contributed by atoms with Gasteiger partial charge in [-0.3, -0.25) is 4.90 Å². The average molecular weight is 416 g/mol. The predicted octanol–water partition coefficient (Wildman–Crippen LogP) is 3.21. The number of rotatable bonds is 6. The van der Waals surface area contributed by atoms with Gasteiger partial charge in [0, 0.05) is 39.3 Å². The van der Waals surface area contributed by atoms with Crippen molar-refractivity contribution in [2.45, 2.75) is 44.2 Å². The van der Waals surface area contributed by atoms with E-state index in [4.69, 9.17) is 0 Å². The van der Waals surface area contributed by atoms with Crippen LogP contribution >= 0.6 is 0 Å². The van der Waals surface area contributed by atoms with Crippen LogP contribution in [-0.4, -0.2) is 51.4 Å². The molecule has 0 bridgehead atoms. The summed E-state index contributed by atoms with van der Waals surface area (Å²) in [5, 5.41) is 0. The summed E-state index contributed by atoms with van der Waals surface area (Å²) in [6.07, 6.45) is 0. The zero-order valence-corrected chi connectivity index (χ0v) is 18.8. The minimum absolute atomic E-state index is 0.00157. The van der Waals surface area contributed by atoms with Gasteiger partial charge >= 0.3 is 0 Å². The lowest BCUT2D eigenvalue weighted by molar-refractivity contribution is 0.148. The molecule has 2 aromatic carbocycles. The summed E-state index contributed by atoms with van der Waals surface area (Å²) < 4.78 is 27.9. The lowest BCUT2D eigenvalue weighted by Crippen LogP contribution is -2.43. The molecule has 1 N–H and O–H groups in total. The molecule has 0 aliphatic carbocycles. The van der Waals surface area contributed by atoms with Gasteiger partial charge < -0.3 is 4.90 Å². The summed E-state index contributed by atoms with van der Waals surface area (Å²) >= 11 is 0. The molecule has 1 heterocycles. The van der Waals surface area contributed by atoms with E-state index in [1.54, 1.807) is 12.1 Å². The van der Waals surface area contributed by atoms with Crippen LogP contribution in [0, 0.1) is 0 Å². The highest BCUT2D eigenvalue weighted by Gasteiger charge is 2.18. The van der Waals surface area contributed by atoms with Crippen molar-refractivity contribution in [3.63, 3.8) is 0 Å². The smallest absolute Gasteiger partial charge is 0.240 e. The Hall–Kier alpha value is -1.73. The Kier molecular flexibility index (Phi) is 6.79. The lowest BCUT2D eigenvalue weighted by Gasteiger charge is -2.32. The van der Waals surface area contributed by atoms with Crippen molar-refractivity contribution in [3.8, 4) is 0 Å². The second-order valence-corrected chi connectivity index (χ2v) is 10.8. The highest BCUT2D eigenvalue weighted by atomic mass is 32.2. The Morgan fingerprint density at radius 1 is 0.862 bits per heavy atom. The normalized spacial score (nSPS) is 16.8. The Morgan fingerprint density at radius 3 is 1.97 bits per heavy atom. The first-order valence-electron chi connectivity index (χ1n) is 10.2. The molecule has 0 aromatic heterocycles. The van der Waals surface area contributed by atoms with E-state index in [1.165, 1.54) is 5.56 Å². The van der Waals surface area contributed by atoms with Gasteiger partial charge in [0.2, 0.25) is 10.0 Å². The van der Waals surface area contributed by atoms with Crippen molar-refractivity contribution in [2.24, 2.45) is 0 Å². The van der Waals surface area contributed by atoms with Crippen molar-refractivity contribution < 1.29 is 8.42 Å². The third kappa shape index (κ3) is 6.12. The van der Waals surface area contributed by atoms with Crippen LogP contribution in [-0.2, 0) is 28.5 Å². The van der Waals surface area contributed by atoms with Crippen LogP contribution in [0.3, 0.4) is 0 Å². The van der Waals surface area contributed by atoms with Crippen LogP contribution in [0.1, 0.15) is 37.5 Å². The molecule has 1 aliphatic heterocycles. The summed E-state index contributed by atoms with van der Waals surface area (Å²) in [6, 6.07) is 15.4. The Labute approximate surface area is 175 Å². The molecular formula is C23H33N3O2S. The van der Waals surface area contributed by atoms with Crippen LogP contribution in [0.25, 0.3) is 0 Å². The van der Waals surface area contributed by atoms with E-state index in [0.717, 1.165) is 43.9 Å². The molecule has 0 saturated carbocycles. The van der Waals surface area contributed by atoms with Gasteiger partial charge in [0.15, 0.2) is 0 Å². The first-order chi connectivity index (χ1) is 13.6. The van der Waals surface area contributed by atoms with Crippen molar-refractivity contribution in [1.29, 1.82) is 0 Å². The van der Waals surface area contributed by atoms with E-state index >= 15 is 0 Å². The Balaban J connectivity index is 1.56. The van der Waals surface area contributed by atoms with E-state index in [0.29, 0.717) is 4.90 Å². The van der Waals surface area contributed by atoms with E-state index in [1.807, 2.05) is 24.3 Å². The summed E-state index contributed by atoms with van der Waals surface area (Å²) in [5.41, 5.74) is 3.34. The zero-order chi connectivity index (χ0) is 21.1. The van der Waals surface area contributed by atoms with Gasteiger partial charge in [0.25, 0.3) is 0 Å². The number of piperazine rings is 1. The molecule has 0 unspecified atom stereocenters. The zero-order valence-electron chi connectivity index (χ0n) is 18.0. The van der Waals surface area contributed by atoms with Gasteiger partial charge in [0.05, 0.1) is 4.90 Å². The molecule has 0 atom stereocenters. The molecule has 5 nitrogen and oxygen atoms in total. The second kappa shape index (κ2) is 8.96. The molecule has 1 saturated heterocycles. The molecular weight excluding hydrogens is 382 g/mol. The number of benzene rings is 2. The molecule has 6 heteroatoms. The third-order valence-corrected chi connectivity index (χ3v) is 6.94. The summed E-state index contributed by atoms with van der Waals surface area (Å²) in [7, 11) is -1.36. The molecule has 29 heavy (non-hydrogen) atoms. The topological polar surface area (TPSA) is 52.6 Å². The fourth-order valence-electron chi connectivity index (χ4n) is 3.42. The molecule has 0 amide bonds. The van der Waals surface area contributed by atoms with Crippen molar-refractivity contribution >= 4 is 10.0 Å². The summed E-state index contributed by atoms with van der Waals surface area (Å²) in [6.45, 7) is 12.0. The van der Waals surface area contributed by atoms with E-state index in [9.17, 15) is 8.42 Å². The standard InChI is InChI=1S/C23H33N3O2S/c1-23(2,3)21-9-11-22(12-10-21)29(27,28)24-17-19-5-7-20(8-6-19)18-26-15-13-25(4)14-16-26/h5-12,24H,13-18H2,1-4H3. The first-order valence-corrected chi connectivity index (χ1v) is 11.7. The summed E-state index contributed by atoms with van der Waals surface area (Å²) in [4.78, 5) is 5.11. The molecule has 1 fully saturated rings. The van der Waals surface area contributed by atoms with Gasteiger partial charge in [-0.05, 0) is 41.3 Å². The number of sulfonamides is 1. The average Bonchev–Trinajstić information content (AvgIpc) is 2.69. The van der Waals surface area contributed by atoms with E-state index in [2.05, 4.69) is 54.5 Å². The van der Waals surface area contributed by atoms with Crippen LogP contribution in [0.2, 0.25) is 0 Å². The second-order valence-electron chi connectivity index (χ2n) is 8.99. The Bertz CT molecular complexity index is 893. The largest absolute Gasteiger partial charge is 0.304 e. The third-order valence-electron chi connectivity index (χ3n) is 5.52. The number of nitrogens with zero attached hydrogens (tertiary/aromatic N) is 2. The van der Waals surface area contributed by atoms with Crippen LogP contribution in [0.15, 0.2) is 53.4 Å². The molecule has 1 aliphatic rings. The maximum atomic E-state index is 12.6. The Morgan fingerprint density at radius 2 is 1.41 bits per heavy atom. The van der Waals surface area contributed by atoms with Crippen LogP contribution in [0.5, 0.6) is 0 Å². The van der Waals surface area contributed by atoms with E-state index < -0.39 is 10.0 Å². The summed E-state index contributed by atoms with van der Waals surface area (Å²) in [5.74, 6) is 0. The number of hydrogen-bond donors (Lipinski definition) is 1. The molecule has 158 valence electrons. The highest BCUT2D eigenvalue weighted by Crippen LogP contribution is 2.23. The maximum absolute atomic E-state index is 12.6. The number of likely N-dealkylation sites (N-methyl/N-ethyl adjacent to an activating group) is 1. The highest BCUT2D eigenvalue weighted by molar-refractivity contribution is 7.89. The van der Waals surface area contributed by atoms with Crippen LogP contribution in [0.4, 0.5) is 0 Å². The van der Waals surface area contributed by atoms with Gasteiger partial charge in [-0.2, -0.15) is 0 Å². The van der Waals surface area contributed by atoms with Gasteiger partial charge in [-0.25, -0.2) is 13.1 Å². The van der Waals surface area contributed by atoms with Crippen molar-refractivity contribution in [1.82, 2.24) is 14.5 Å². The quantitative estimate of drug-likeness (QED) is 0.787. The number of hydrogen-bond acceptors (Lipinski definition) is 4.